The van der Waals surface area contributed by atoms with E-state index in [-0.39, 0.29) is 5.56 Å². The summed E-state index contributed by atoms with van der Waals surface area (Å²) >= 11 is 0. The SMILES string of the molecule is C=c1c2ccc(-c3nc4ccccc4o3)c3cccc(c(=O)n1CCN(C)C)c32. The second kappa shape index (κ2) is 6.57. The van der Waals surface area contributed by atoms with Crippen LogP contribution in [0, 0.1) is 0 Å². The van der Waals surface area contributed by atoms with E-state index in [9.17, 15) is 4.79 Å². The molecule has 0 atom stereocenters. The summed E-state index contributed by atoms with van der Waals surface area (Å²) in [4.78, 5) is 19.9. The van der Waals surface area contributed by atoms with E-state index in [0.29, 0.717) is 17.8 Å². The van der Waals surface area contributed by atoms with Crippen molar-refractivity contribution in [3.8, 4) is 11.5 Å². The van der Waals surface area contributed by atoms with Crippen molar-refractivity contribution in [3.63, 3.8) is 0 Å². The maximum Gasteiger partial charge on any atom is 0.258 e. The quantitative estimate of drug-likeness (QED) is 0.475. The Morgan fingerprint density at radius 3 is 2.59 bits per heavy atom. The molecule has 0 fully saturated rings. The van der Waals surface area contributed by atoms with E-state index >= 15 is 0 Å². The Kier molecular flexibility index (Phi) is 4.00. The molecule has 0 bridgehead atoms. The average molecular weight is 383 g/mol. The number of oxazole rings is 1. The fourth-order valence-corrected chi connectivity index (χ4v) is 3.95. The van der Waals surface area contributed by atoms with E-state index in [1.165, 1.54) is 0 Å². The van der Waals surface area contributed by atoms with E-state index in [1.807, 2.05) is 68.7 Å². The summed E-state index contributed by atoms with van der Waals surface area (Å²) in [5.74, 6) is 0.558. The van der Waals surface area contributed by atoms with Crippen molar-refractivity contribution in [2.75, 3.05) is 20.6 Å². The summed E-state index contributed by atoms with van der Waals surface area (Å²) in [6.45, 7) is 5.61. The van der Waals surface area contributed by atoms with Crippen molar-refractivity contribution in [2.24, 2.45) is 0 Å². The van der Waals surface area contributed by atoms with Crippen LogP contribution in [0.1, 0.15) is 0 Å². The predicted molar refractivity (Wildman–Crippen MR) is 118 cm³/mol. The molecule has 5 nitrogen and oxygen atoms in total. The molecular weight excluding hydrogens is 362 g/mol. The lowest BCUT2D eigenvalue weighted by atomic mass is 9.97. The van der Waals surface area contributed by atoms with Gasteiger partial charge in [-0.25, -0.2) is 4.98 Å². The van der Waals surface area contributed by atoms with Gasteiger partial charge in [-0.15, -0.1) is 0 Å². The van der Waals surface area contributed by atoms with E-state index in [1.54, 1.807) is 4.57 Å². The minimum absolute atomic E-state index is 0.00957. The molecule has 0 unspecified atom stereocenters. The molecule has 5 heteroatoms. The van der Waals surface area contributed by atoms with Crippen LogP contribution in [0.2, 0.25) is 0 Å². The first-order chi connectivity index (χ1) is 14.0. The number of hydrogen-bond donors (Lipinski definition) is 0. The second-order valence-electron chi connectivity index (χ2n) is 7.58. The summed E-state index contributed by atoms with van der Waals surface area (Å²) in [5, 5.41) is 4.29. The first-order valence-electron chi connectivity index (χ1n) is 9.62. The van der Waals surface area contributed by atoms with Crippen LogP contribution < -0.4 is 10.9 Å². The highest BCUT2D eigenvalue weighted by Crippen LogP contribution is 2.33. The number of hydrogen-bond acceptors (Lipinski definition) is 4. The van der Waals surface area contributed by atoms with Gasteiger partial charge in [-0.1, -0.05) is 36.9 Å². The molecule has 3 aromatic carbocycles. The predicted octanol–water partition coefficient (Wildman–Crippen LogP) is 3.65. The monoisotopic (exact) mass is 383 g/mol. The zero-order valence-electron chi connectivity index (χ0n) is 16.5. The van der Waals surface area contributed by atoms with Crippen LogP contribution in [0.5, 0.6) is 0 Å². The van der Waals surface area contributed by atoms with Gasteiger partial charge in [0.25, 0.3) is 5.56 Å². The van der Waals surface area contributed by atoms with Gasteiger partial charge in [0, 0.05) is 40.2 Å². The van der Waals surface area contributed by atoms with Crippen molar-refractivity contribution >= 4 is 39.2 Å². The lowest BCUT2D eigenvalue weighted by molar-refractivity contribution is 0.379. The number of likely N-dealkylation sites (N-methyl/N-ethyl adjacent to an activating group) is 1. The number of pyridine rings is 1. The smallest absolute Gasteiger partial charge is 0.258 e. The normalized spacial score (nSPS) is 12.0. The van der Waals surface area contributed by atoms with E-state index in [4.69, 9.17) is 4.42 Å². The van der Waals surface area contributed by atoms with Crippen molar-refractivity contribution < 1.29 is 4.42 Å². The van der Waals surface area contributed by atoms with Crippen molar-refractivity contribution in [1.29, 1.82) is 0 Å². The minimum atomic E-state index is -0.00957. The van der Waals surface area contributed by atoms with Crippen LogP contribution in [0.3, 0.4) is 0 Å². The van der Waals surface area contributed by atoms with Crippen LogP contribution in [0.15, 0.2) is 63.8 Å². The second-order valence-corrected chi connectivity index (χ2v) is 7.58. The summed E-state index contributed by atoms with van der Waals surface area (Å²) in [7, 11) is 4.00. The van der Waals surface area contributed by atoms with Gasteiger partial charge in [-0.3, -0.25) is 4.79 Å². The molecule has 2 aromatic heterocycles. The molecule has 0 saturated carbocycles. The summed E-state index contributed by atoms with van der Waals surface area (Å²) in [6.07, 6.45) is 0. The van der Waals surface area contributed by atoms with Crippen molar-refractivity contribution in [2.45, 2.75) is 6.54 Å². The third-order valence-corrected chi connectivity index (χ3v) is 5.45. The molecule has 5 rings (SSSR count). The van der Waals surface area contributed by atoms with Crippen LogP contribution >= 0.6 is 0 Å². The fourth-order valence-electron chi connectivity index (χ4n) is 3.95. The van der Waals surface area contributed by atoms with Crippen LogP contribution in [0.4, 0.5) is 0 Å². The van der Waals surface area contributed by atoms with Gasteiger partial charge in [0.15, 0.2) is 5.58 Å². The number of rotatable bonds is 4. The number of fused-ring (bicyclic) bond motifs is 1. The lowest BCUT2D eigenvalue weighted by Crippen LogP contribution is -2.36. The minimum Gasteiger partial charge on any atom is -0.436 e. The molecular formula is C24H21N3O2. The number of aromatic nitrogens is 2. The Balaban J connectivity index is 1.80. The molecule has 0 radical (unpaired) electrons. The Morgan fingerprint density at radius 1 is 1.00 bits per heavy atom. The van der Waals surface area contributed by atoms with Gasteiger partial charge in [0.2, 0.25) is 5.89 Å². The molecule has 2 heterocycles. The fraction of sp³-hybridized carbons (Fsp3) is 0.167. The molecule has 0 spiro atoms. The number of para-hydroxylation sites is 2. The highest BCUT2D eigenvalue weighted by atomic mass is 16.3. The molecule has 29 heavy (non-hydrogen) atoms. The van der Waals surface area contributed by atoms with Gasteiger partial charge in [0.1, 0.15) is 5.52 Å². The summed E-state index contributed by atoms with van der Waals surface area (Å²) in [5.41, 5.74) is 2.44. The van der Waals surface area contributed by atoms with Gasteiger partial charge < -0.3 is 13.9 Å². The van der Waals surface area contributed by atoms with Crippen LogP contribution in [-0.4, -0.2) is 35.1 Å². The highest BCUT2D eigenvalue weighted by Gasteiger charge is 2.17. The maximum absolute atomic E-state index is 13.2. The van der Waals surface area contributed by atoms with Gasteiger partial charge in [-0.2, -0.15) is 0 Å². The first kappa shape index (κ1) is 17.6. The zero-order valence-corrected chi connectivity index (χ0v) is 16.5. The first-order valence-corrected chi connectivity index (χ1v) is 9.62. The molecule has 0 saturated heterocycles. The van der Waals surface area contributed by atoms with E-state index in [2.05, 4.69) is 16.5 Å². The van der Waals surface area contributed by atoms with Gasteiger partial charge >= 0.3 is 0 Å². The molecule has 0 aliphatic rings. The summed E-state index contributed by atoms with van der Waals surface area (Å²) in [6, 6.07) is 17.6. The largest absolute Gasteiger partial charge is 0.436 e. The standard InChI is InChI=1S/C24H21N3O2/c1-15-16-11-12-18(23-25-20-9-4-5-10-21(20)29-23)17-7-6-8-19(22(16)17)24(28)27(15)14-13-26(2)3/h4-12H,1,13-14H2,2-3H3. The highest BCUT2D eigenvalue weighted by molar-refractivity contribution is 6.14. The average Bonchev–Trinajstić information content (AvgIpc) is 3.15. The van der Waals surface area contributed by atoms with Crippen molar-refractivity contribution in [3.05, 3.63) is 70.3 Å². The number of benzene rings is 3. The van der Waals surface area contributed by atoms with Crippen molar-refractivity contribution in [1.82, 2.24) is 14.5 Å². The van der Waals surface area contributed by atoms with Crippen LogP contribution in [0.25, 0.3) is 50.7 Å². The molecule has 0 amide bonds. The topological polar surface area (TPSA) is 51.3 Å². The van der Waals surface area contributed by atoms with Gasteiger partial charge in [0.05, 0.1) is 0 Å². The van der Waals surface area contributed by atoms with Crippen LogP contribution in [-0.2, 0) is 6.54 Å². The van der Waals surface area contributed by atoms with E-state index in [0.717, 1.165) is 44.7 Å². The Bertz CT molecular complexity index is 1410. The zero-order chi connectivity index (χ0) is 20.1. The lowest BCUT2D eigenvalue weighted by Gasteiger charge is -2.16. The molecule has 144 valence electrons. The Morgan fingerprint density at radius 2 is 1.79 bits per heavy atom. The number of nitrogens with zero attached hydrogens (tertiary/aromatic N) is 3. The molecule has 0 aliphatic heterocycles. The molecule has 0 N–H and O–H groups in total. The molecule has 5 aromatic rings. The van der Waals surface area contributed by atoms with E-state index < -0.39 is 0 Å². The third-order valence-electron chi connectivity index (χ3n) is 5.45. The molecule has 0 aliphatic carbocycles. The Hall–Kier alpha value is -3.44. The maximum atomic E-state index is 13.2. The summed E-state index contributed by atoms with van der Waals surface area (Å²) < 4.78 is 7.77. The van der Waals surface area contributed by atoms with Gasteiger partial charge in [-0.05, 0) is 43.7 Å². The third kappa shape index (κ3) is 2.74. The Labute approximate surface area is 167 Å².